The Kier molecular flexibility index (Phi) is 6.55. The molecular formula is C21H29NO2. The van der Waals surface area contributed by atoms with Crippen LogP contribution in [-0.4, -0.2) is 22.8 Å². The Balaban J connectivity index is 1.88. The van der Waals surface area contributed by atoms with Crippen molar-refractivity contribution in [2.75, 3.05) is 6.54 Å². The van der Waals surface area contributed by atoms with Gasteiger partial charge in [-0.25, -0.2) is 0 Å². The van der Waals surface area contributed by atoms with Gasteiger partial charge in [0, 0.05) is 6.04 Å². The Bertz CT molecular complexity index is 654. The molecule has 3 unspecified atom stereocenters. The molecule has 0 radical (unpaired) electrons. The van der Waals surface area contributed by atoms with Gasteiger partial charge >= 0.3 is 0 Å². The highest BCUT2D eigenvalue weighted by Crippen LogP contribution is 2.24. The van der Waals surface area contributed by atoms with E-state index in [4.69, 9.17) is 0 Å². The van der Waals surface area contributed by atoms with Crippen LogP contribution in [0.3, 0.4) is 0 Å². The first-order valence-corrected chi connectivity index (χ1v) is 8.62. The van der Waals surface area contributed by atoms with Crippen LogP contribution < -0.4 is 5.32 Å². The van der Waals surface area contributed by atoms with E-state index in [2.05, 4.69) is 31.3 Å². The van der Waals surface area contributed by atoms with Crippen LogP contribution in [0.5, 0.6) is 0 Å². The van der Waals surface area contributed by atoms with Crippen LogP contribution in [-0.2, 0) is 0 Å². The molecule has 3 atom stereocenters. The molecule has 0 heterocycles. The third-order valence-electron chi connectivity index (χ3n) is 4.74. The van der Waals surface area contributed by atoms with Crippen molar-refractivity contribution in [2.45, 2.75) is 52.4 Å². The zero-order chi connectivity index (χ0) is 17.7. The lowest BCUT2D eigenvalue weighted by Crippen LogP contribution is -2.33. The lowest BCUT2D eigenvalue weighted by molar-refractivity contribution is 0.127. The number of hydrogen-bond acceptors (Lipinski definition) is 3. The van der Waals surface area contributed by atoms with E-state index in [1.165, 1.54) is 11.1 Å². The van der Waals surface area contributed by atoms with Gasteiger partial charge in [-0.3, -0.25) is 0 Å². The lowest BCUT2D eigenvalue weighted by Gasteiger charge is -2.22. The van der Waals surface area contributed by atoms with Crippen LogP contribution in [0.15, 0.2) is 42.5 Å². The van der Waals surface area contributed by atoms with Crippen molar-refractivity contribution >= 4 is 0 Å². The molecule has 0 saturated heterocycles. The quantitative estimate of drug-likeness (QED) is 0.726. The molecule has 2 rings (SSSR count). The Labute approximate surface area is 145 Å². The highest BCUT2D eigenvalue weighted by molar-refractivity contribution is 5.37. The van der Waals surface area contributed by atoms with Gasteiger partial charge in [-0.1, -0.05) is 42.5 Å². The fraction of sp³-hybridized carbons (Fsp3) is 0.429. The zero-order valence-corrected chi connectivity index (χ0v) is 15.1. The zero-order valence-electron chi connectivity index (χ0n) is 15.1. The van der Waals surface area contributed by atoms with Crippen LogP contribution in [0.25, 0.3) is 0 Å². The SMILES string of the molecule is Cc1cc(C)c(C(O)CCNC(C)C(O)c2ccccc2)cc1C. The second-order valence-corrected chi connectivity index (χ2v) is 6.70. The first-order chi connectivity index (χ1) is 11.4. The van der Waals surface area contributed by atoms with Gasteiger partial charge in [-0.05, 0) is 68.5 Å². The average Bonchev–Trinajstić information content (AvgIpc) is 2.58. The average molecular weight is 327 g/mol. The van der Waals surface area contributed by atoms with Gasteiger partial charge in [0.1, 0.15) is 0 Å². The van der Waals surface area contributed by atoms with Gasteiger partial charge in [0.2, 0.25) is 0 Å². The highest BCUT2D eigenvalue weighted by Gasteiger charge is 2.17. The fourth-order valence-corrected chi connectivity index (χ4v) is 3.00. The summed E-state index contributed by atoms with van der Waals surface area (Å²) in [5.74, 6) is 0. The molecule has 0 bridgehead atoms. The lowest BCUT2D eigenvalue weighted by atomic mass is 9.95. The summed E-state index contributed by atoms with van der Waals surface area (Å²) in [6, 6.07) is 13.8. The summed E-state index contributed by atoms with van der Waals surface area (Å²) in [6.07, 6.45) is -0.417. The highest BCUT2D eigenvalue weighted by atomic mass is 16.3. The molecule has 0 amide bonds. The minimum Gasteiger partial charge on any atom is -0.388 e. The maximum Gasteiger partial charge on any atom is 0.0940 e. The Morgan fingerprint density at radius 1 is 0.917 bits per heavy atom. The number of aliphatic hydroxyl groups is 2. The third-order valence-corrected chi connectivity index (χ3v) is 4.74. The predicted molar refractivity (Wildman–Crippen MR) is 99.1 cm³/mol. The summed E-state index contributed by atoms with van der Waals surface area (Å²) >= 11 is 0. The van der Waals surface area contributed by atoms with Gasteiger partial charge < -0.3 is 15.5 Å². The van der Waals surface area contributed by atoms with Crippen LogP contribution >= 0.6 is 0 Å². The molecule has 130 valence electrons. The maximum atomic E-state index is 10.5. The summed E-state index contributed by atoms with van der Waals surface area (Å²) in [5.41, 5.74) is 5.49. The predicted octanol–water partition coefficient (Wildman–Crippen LogP) is 3.75. The molecule has 0 aliphatic carbocycles. The van der Waals surface area contributed by atoms with E-state index in [0.717, 1.165) is 16.7 Å². The molecule has 0 spiro atoms. The van der Waals surface area contributed by atoms with Crippen molar-refractivity contribution in [1.29, 1.82) is 0 Å². The number of benzene rings is 2. The van der Waals surface area contributed by atoms with Gasteiger partial charge in [-0.2, -0.15) is 0 Å². The van der Waals surface area contributed by atoms with E-state index < -0.39 is 12.2 Å². The van der Waals surface area contributed by atoms with Gasteiger partial charge in [-0.15, -0.1) is 0 Å². The van der Waals surface area contributed by atoms with Crippen molar-refractivity contribution in [1.82, 2.24) is 5.32 Å². The first kappa shape index (κ1) is 18.7. The van der Waals surface area contributed by atoms with Crippen molar-refractivity contribution in [3.05, 3.63) is 70.3 Å². The van der Waals surface area contributed by atoms with E-state index in [1.807, 2.05) is 44.2 Å². The number of aliphatic hydroxyl groups excluding tert-OH is 2. The van der Waals surface area contributed by atoms with E-state index in [-0.39, 0.29) is 6.04 Å². The van der Waals surface area contributed by atoms with E-state index >= 15 is 0 Å². The van der Waals surface area contributed by atoms with Crippen LogP contribution in [0.4, 0.5) is 0 Å². The molecule has 3 heteroatoms. The van der Waals surface area contributed by atoms with Crippen LogP contribution in [0.1, 0.15) is 53.4 Å². The van der Waals surface area contributed by atoms with Crippen molar-refractivity contribution in [3.8, 4) is 0 Å². The standard InChI is InChI=1S/C21H29NO2/c1-14-12-16(3)19(13-15(14)2)20(23)10-11-22-17(4)21(24)18-8-6-5-7-9-18/h5-9,12-13,17,20-24H,10-11H2,1-4H3. The minimum atomic E-state index is -0.549. The normalized spacial score (nSPS) is 15.1. The largest absolute Gasteiger partial charge is 0.388 e. The second kappa shape index (κ2) is 8.43. The molecular weight excluding hydrogens is 298 g/mol. The summed E-state index contributed by atoms with van der Waals surface area (Å²) < 4.78 is 0. The molecule has 2 aromatic rings. The Morgan fingerprint density at radius 3 is 2.21 bits per heavy atom. The molecule has 2 aromatic carbocycles. The van der Waals surface area contributed by atoms with E-state index in [9.17, 15) is 10.2 Å². The fourth-order valence-electron chi connectivity index (χ4n) is 3.00. The monoisotopic (exact) mass is 327 g/mol. The molecule has 24 heavy (non-hydrogen) atoms. The van der Waals surface area contributed by atoms with Crippen LogP contribution in [0, 0.1) is 20.8 Å². The number of hydrogen-bond donors (Lipinski definition) is 3. The number of aryl methyl sites for hydroxylation is 3. The number of nitrogens with one attached hydrogen (secondary N) is 1. The molecule has 0 aliphatic heterocycles. The van der Waals surface area contributed by atoms with Crippen molar-refractivity contribution < 1.29 is 10.2 Å². The van der Waals surface area contributed by atoms with Crippen molar-refractivity contribution in [2.24, 2.45) is 0 Å². The summed E-state index contributed by atoms with van der Waals surface area (Å²) in [7, 11) is 0. The Morgan fingerprint density at radius 2 is 1.54 bits per heavy atom. The summed E-state index contributed by atoms with van der Waals surface area (Å²) in [6.45, 7) is 8.82. The molecule has 0 saturated carbocycles. The van der Waals surface area contributed by atoms with E-state index in [1.54, 1.807) is 0 Å². The van der Waals surface area contributed by atoms with Gasteiger partial charge in [0.15, 0.2) is 0 Å². The van der Waals surface area contributed by atoms with Gasteiger partial charge in [0.25, 0.3) is 0 Å². The summed E-state index contributed by atoms with van der Waals surface area (Å²) in [4.78, 5) is 0. The molecule has 3 nitrogen and oxygen atoms in total. The first-order valence-electron chi connectivity index (χ1n) is 8.62. The van der Waals surface area contributed by atoms with Gasteiger partial charge in [0.05, 0.1) is 12.2 Å². The summed E-state index contributed by atoms with van der Waals surface area (Å²) in [5, 5.41) is 24.2. The maximum absolute atomic E-state index is 10.5. The smallest absolute Gasteiger partial charge is 0.0940 e. The molecule has 0 aromatic heterocycles. The molecule has 3 N–H and O–H groups in total. The Hall–Kier alpha value is -1.68. The molecule has 0 aliphatic rings. The van der Waals surface area contributed by atoms with E-state index in [0.29, 0.717) is 13.0 Å². The van der Waals surface area contributed by atoms with Crippen molar-refractivity contribution in [3.63, 3.8) is 0 Å². The minimum absolute atomic E-state index is 0.0690. The molecule has 0 fully saturated rings. The number of rotatable bonds is 7. The topological polar surface area (TPSA) is 52.5 Å². The van der Waals surface area contributed by atoms with Crippen LogP contribution in [0.2, 0.25) is 0 Å². The third kappa shape index (κ3) is 4.67. The second-order valence-electron chi connectivity index (χ2n) is 6.70.